The molecule has 188 valence electrons. The predicted molar refractivity (Wildman–Crippen MR) is 130 cm³/mol. The molecule has 5 nitrogen and oxygen atoms in total. The molecule has 1 N–H and O–H groups in total. The first-order valence-electron chi connectivity index (χ1n) is 11.6. The van der Waals surface area contributed by atoms with Crippen LogP contribution in [0.2, 0.25) is 0 Å². The Labute approximate surface area is 207 Å². The van der Waals surface area contributed by atoms with Gasteiger partial charge < -0.3 is 10.1 Å². The molecule has 0 spiro atoms. The molecule has 1 unspecified atom stereocenters. The van der Waals surface area contributed by atoms with Gasteiger partial charge in [0, 0.05) is 12.1 Å². The zero-order chi connectivity index (χ0) is 26.1. The summed E-state index contributed by atoms with van der Waals surface area (Å²) in [7, 11) is 0. The van der Waals surface area contributed by atoms with Gasteiger partial charge in [-0.3, -0.25) is 9.69 Å². The van der Waals surface area contributed by atoms with E-state index in [0.29, 0.717) is 24.1 Å². The molecule has 0 saturated heterocycles. The fourth-order valence-corrected chi connectivity index (χ4v) is 4.21. The molecule has 0 bridgehead atoms. The van der Waals surface area contributed by atoms with Gasteiger partial charge in [0.2, 0.25) is 0 Å². The Balaban J connectivity index is 1.66. The van der Waals surface area contributed by atoms with Gasteiger partial charge in [-0.15, -0.1) is 0 Å². The molecule has 2 amide bonds. The number of hydrogen-bond donors (Lipinski definition) is 1. The van der Waals surface area contributed by atoms with Crippen LogP contribution in [0.4, 0.5) is 18.0 Å². The minimum absolute atomic E-state index is 0.282. The van der Waals surface area contributed by atoms with Crippen molar-refractivity contribution in [2.45, 2.75) is 45.1 Å². The number of fused-ring (bicyclic) bond motifs is 1. The van der Waals surface area contributed by atoms with E-state index in [1.807, 2.05) is 24.3 Å². The maximum absolute atomic E-state index is 13.5. The van der Waals surface area contributed by atoms with E-state index in [0.717, 1.165) is 23.3 Å². The molecule has 36 heavy (non-hydrogen) atoms. The molecule has 3 aromatic rings. The van der Waals surface area contributed by atoms with Crippen LogP contribution in [0, 0.1) is 0 Å². The van der Waals surface area contributed by atoms with Gasteiger partial charge in [0.25, 0.3) is 5.91 Å². The van der Waals surface area contributed by atoms with E-state index >= 15 is 0 Å². The van der Waals surface area contributed by atoms with E-state index in [1.54, 1.807) is 45.0 Å². The fraction of sp³-hybridized carbons (Fsp3) is 0.286. The summed E-state index contributed by atoms with van der Waals surface area (Å²) in [5.74, 6) is -0.458. The summed E-state index contributed by atoms with van der Waals surface area (Å²) in [6.45, 7) is 5.68. The predicted octanol–water partition coefficient (Wildman–Crippen LogP) is 6.59. The van der Waals surface area contributed by atoms with Crippen LogP contribution in [0.5, 0.6) is 0 Å². The standard InChI is InChI=1S/C28H27F3N2O3/c1-27(2,3)36-26(35)33-17-16-18-8-4-5-10-22(18)24(33)32-25(34)23-11-7-6-9-21(23)19-12-14-20(15-13-19)28(29,30)31/h4-15,24H,16-17H2,1-3H3,(H,32,34). The lowest BCUT2D eigenvalue weighted by Gasteiger charge is -2.38. The van der Waals surface area contributed by atoms with Crippen molar-refractivity contribution in [3.63, 3.8) is 0 Å². The second-order valence-electron chi connectivity index (χ2n) is 9.62. The Morgan fingerprint density at radius 1 is 0.917 bits per heavy atom. The Morgan fingerprint density at radius 2 is 1.56 bits per heavy atom. The molecule has 0 aliphatic carbocycles. The third kappa shape index (κ3) is 5.53. The highest BCUT2D eigenvalue weighted by molar-refractivity contribution is 6.01. The minimum atomic E-state index is -4.45. The number of rotatable bonds is 3. The maximum atomic E-state index is 13.5. The van der Waals surface area contributed by atoms with Gasteiger partial charge in [-0.1, -0.05) is 54.6 Å². The average Bonchev–Trinajstić information content (AvgIpc) is 2.82. The van der Waals surface area contributed by atoms with E-state index in [4.69, 9.17) is 4.74 Å². The topological polar surface area (TPSA) is 58.6 Å². The molecular formula is C28H27F3N2O3. The lowest BCUT2D eigenvalue weighted by Crippen LogP contribution is -2.49. The number of ether oxygens (including phenoxy) is 1. The molecule has 4 rings (SSSR count). The second-order valence-corrected chi connectivity index (χ2v) is 9.62. The molecular weight excluding hydrogens is 469 g/mol. The van der Waals surface area contributed by atoms with Crippen molar-refractivity contribution in [3.8, 4) is 11.1 Å². The summed E-state index contributed by atoms with van der Waals surface area (Å²) in [5.41, 5.74) is 1.56. The Morgan fingerprint density at radius 3 is 2.22 bits per heavy atom. The summed E-state index contributed by atoms with van der Waals surface area (Å²) in [4.78, 5) is 28.0. The number of nitrogens with zero attached hydrogens (tertiary/aromatic N) is 1. The van der Waals surface area contributed by atoms with Crippen LogP contribution in [0.3, 0.4) is 0 Å². The highest BCUT2D eigenvalue weighted by Crippen LogP contribution is 2.33. The summed E-state index contributed by atoms with van der Waals surface area (Å²) in [6, 6.07) is 18.9. The van der Waals surface area contributed by atoms with Gasteiger partial charge in [0.15, 0.2) is 0 Å². The number of hydrogen-bond acceptors (Lipinski definition) is 3. The Hall–Kier alpha value is -3.81. The molecule has 1 atom stereocenters. The van der Waals surface area contributed by atoms with E-state index in [2.05, 4.69) is 5.32 Å². The molecule has 0 saturated carbocycles. The van der Waals surface area contributed by atoms with E-state index in [-0.39, 0.29) is 5.56 Å². The zero-order valence-corrected chi connectivity index (χ0v) is 20.2. The summed E-state index contributed by atoms with van der Waals surface area (Å²) < 4.78 is 44.6. The van der Waals surface area contributed by atoms with Crippen molar-refractivity contribution in [2.24, 2.45) is 0 Å². The van der Waals surface area contributed by atoms with Crippen molar-refractivity contribution in [1.29, 1.82) is 0 Å². The summed E-state index contributed by atoms with van der Waals surface area (Å²) >= 11 is 0. The van der Waals surface area contributed by atoms with Crippen LogP contribution in [-0.4, -0.2) is 29.0 Å². The third-order valence-corrected chi connectivity index (χ3v) is 5.87. The molecule has 1 aliphatic rings. The maximum Gasteiger partial charge on any atom is 0.416 e. The first-order chi connectivity index (χ1) is 16.9. The van der Waals surface area contributed by atoms with Gasteiger partial charge in [-0.05, 0) is 67.6 Å². The monoisotopic (exact) mass is 496 g/mol. The SMILES string of the molecule is CC(C)(C)OC(=O)N1CCc2ccccc2C1NC(=O)c1ccccc1-c1ccc(C(F)(F)F)cc1. The number of alkyl halides is 3. The van der Waals surface area contributed by atoms with Crippen LogP contribution in [0.15, 0.2) is 72.8 Å². The largest absolute Gasteiger partial charge is 0.444 e. The molecule has 8 heteroatoms. The highest BCUT2D eigenvalue weighted by atomic mass is 19.4. The normalized spacial score (nSPS) is 15.7. The number of benzene rings is 3. The van der Waals surface area contributed by atoms with Gasteiger partial charge in [0.05, 0.1) is 5.56 Å². The van der Waals surface area contributed by atoms with Crippen molar-refractivity contribution in [3.05, 3.63) is 95.1 Å². The average molecular weight is 497 g/mol. The highest BCUT2D eigenvalue weighted by Gasteiger charge is 2.35. The Bertz CT molecular complexity index is 1260. The van der Waals surface area contributed by atoms with Gasteiger partial charge in [-0.25, -0.2) is 4.79 Å². The van der Waals surface area contributed by atoms with Crippen molar-refractivity contribution >= 4 is 12.0 Å². The molecule has 1 heterocycles. The van der Waals surface area contributed by atoms with E-state index in [9.17, 15) is 22.8 Å². The molecule has 1 aliphatic heterocycles. The van der Waals surface area contributed by atoms with Crippen molar-refractivity contribution < 1.29 is 27.5 Å². The van der Waals surface area contributed by atoms with Gasteiger partial charge >= 0.3 is 12.3 Å². The van der Waals surface area contributed by atoms with Crippen molar-refractivity contribution in [1.82, 2.24) is 10.2 Å². The minimum Gasteiger partial charge on any atom is -0.444 e. The lowest BCUT2D eigenvalue weighted by atomic mass is 9.95. The van der Waals surface area contributed by atoms with Crippen LogP contribution < -0.4 is 5.32 Å². The quantitative estimate of drug-likeness (QED) is 0.445. The van der Waals surface area contributed by atoms with E-state index < -0.39 is 35.5 Å². The summed E-state index contributed by atoms with van der Waals surface area (Å²) in [6.07, 6.45) is -5.14. The molecule has 0 radical (unpaired) electrons. The molecule has 0 fully saturated rings. The first-order valence-corrected chi connectivity index (χ1v) is 11.6. The Kier molecular flexibility index (Phi) is 6.80. The van der Waals surface area contributed by atoms with Crippen LogP contribution >= 0.6 is 0 Å². The number of carbonyl (C=O) groups is 2. The lowest BCUT2D eigenvalue weighted by molar-refractivity contribution is -0.137. The van der Waals surface area contributed by atoms with Crippen LogP contribution in [-0.2, 0) is 17.3 Å². The second kappa shape index (κ2) is 9.68. The number of halogens is 3. The van der Waals surface area contributed by atoms with Crippen LogP contribution in [0.1, 0.15) is 54.0 Å². The molecule has 3 aromatic carbocycles. The number of nitrogens with one attached hydrogen (secondary N) is 1. The van der Waals surface area contributed by atoms with Gasteiger partial charge in [0.1, 0.15) is 11.8 Å². The number of carbonyl (C=O) groups excluding carboxylic acids is 2. The zero-order valence-electron chi connectivity index (χ0n) is 20.2. The smallest absolute Gasteiger partial charge is 0.416 e. The summed E-state index contributed by atoms with van der Waals surface area (Å²) in [5, 5.41) is 2.96. The van der Waals surface area contributed by atoms with Crippen LogP contribution in [0.25, 0.3) is 11.1 Å². The fourth-order valence-electron chi connectivity index (χ4n) is 4.21. The van der Waals surface area contributed by atoms with Crippen molar-refractivity contribution in [2.75, 3.05) is 6.54 Å². The first kappa shape index (κ1) is 25.3. The number of amides is 2. The third-order valence-electron chi connectivity index (χ3n) is 5.87. The van der Waals surface area contributed by atoms with E-state index in [1.165, 1.54) is 17.0 Å². The molecule has 0 aromatic heterocycles. The van der Waals surface area contributed by atoms with Gasteiger partial charge in [-0.2, -0.15) is 13.2 Å².